The average molecular weight is 457 g/mol. The van der Waals surface area contributed by atoms with E-state index in [2.05, 4.69) is 31.4 Å². The number of aliphatic hydroxyl groups is 1. The molecule has 1 amide bonds. The number of hydrogen-bond acceptors (Lipinski definition) is 6. The third kappa shape index (κ3) is 4.64. The zero-order chi connectivity index (χ0) is 23.4. The number of rotatable bonds is 8. The molecule has 3 aromatic rings. The van der Waals surface area contributed by atoms with E-state index < -0.39 is 30.1 Å². The predicted octanol–water partition coefficient (Wildman–Crippen LogP) is 1.66. The number of carbonyl (C=O) groups is 1. The van der Waals surface area contributed by atoms with E-state index in [1.165, 1.54) is 12.1 Å². The van der Waals surface area contributed by atoms with Crippen LogP contribution in [0, 0.1) is 0 Å². The van der Waals surface area contributed by atoms with Crippen molar-refractivity contribution in [3.63, 3.8) is 0 Å². The quantitative estimate of drug-likeness (QED) is 0.474. The molecule has 0 fully saturated rings. The van der Waals surface area contributed by atoms with E-state index in [1.807, 2.05) is 0 Å². The highest BCUT2D eigenvalue weighted by atomic mass is 19.3. The molecule has 0 spiro atoms. The summed E-state index contributed by atoms with van der Waals surface area (Å²) in [6.07, 6.45) is 7.02. The Morgan fingerprint density at radius 3 is 2.79 bits per heavy atom. The van der Waals surface area contributed by atoms with E-state index >= 15 is 0 Å². The Kier molecular flexibility index (Phi) is 6.25. The van der Waals surface area contributed by atoms with Crippen molar-refractivity contribution in [3.8, 4) is 11.4 Å². The van der Waals surface area contributed by atoms with Gasteiger partial charge in [0.15, 0.2) is 12.4 Å². The molecular weight excluding hydrogens is 439 g/mol. The smallest absolute Gasteiger partial charge is 0.301 e. The molecule has 0 radical (unpaired) electrons. The fourth-order valence-electron chi connectivity index (χ4n) is 3.17. The molecule has 1 atom stereocenters. The summed E-state index contributed by atoms with van der Waals surface area (Å²) in [5.41, 5.74) is 2.96. The van der Waals surface area contributed by atoms with Crippen molar-refractivity contribution < 1.29 is 27.6 Å². The van der Waals surface area contributed by atoms with Crippen molar-refractivity contribution in [1.82, 2.24) is 25.7 Å². The van der Waals surface area contributed by atoms with Crippen molar-refractivity contribution in [1.29, 1.82) is 0 Å². The number of nitrogens with one attached hydrogen (secondary N) is 2. The molecule has 2 heterocycles. The maximum atomic E-state index is 13.5. The largest absolute Gasteiger partial charge is 0.396 e. The molecule has 0 saturated carbocycles. The number of alkyl halides is 3. The SMILES string of the molecule is O=C(NC(CCO)c1nc(-c2ccc(C(F)(F)CF)cc2)no1)c1n[nH]c2c1=C=CC=CC=2. The van der Waals surface area contributed by atoms with E-state index in [0.717, 1.165) is 12.1 Å². The lowest BCUT2D eigenvalue weighted by Gasteiger charge is -2.12. The zero-order valence-corrected chi connectivity index (χ0v) is 17.1. The summed E-state index contributed by atoms with van der Waals surface area (Å²) in [6.45, 7) is -2.08. The number of H-pyrrole nitrogens is 1. The number of nitrogens with zero attached hydrogens (tertiary/aromatic N) is 3. The molecule has 8 nitrogen and oxygen atoms in total. The summed E-state index contributed by atoms with van der Waals surface area (Å²) in [5.74, 6) is -4.02. The predicted molar refractivity (Wildman–Crippen MR) is 111 cm³/mol. The molecule has 11 heteroatoms. The Morgan fingerprint density at radius 1 is 1.27 bits per heavy atom. The molecule has 1 unspecified atom stereocenters. The van der Waals surface area contributed by atoms with Crippen LogP contribution in [0.1, 0.15) is 34.4 Å². The highest BCUT2D eigenvalue weighted by molar-refractivity contribution is 5.92. The minimum absolute atomic E-state index is 0.0138. The van der Waals surface area contributed by atoms with Gasteiger partial charge in [0.05, 0.1) is 10.6 Å². The van der Waals surface area contributed by atoms with Gasteiger partial charge in [-0.25, -0.2) is 4.39 Å². The van der Waals surface area contributed by atoms with Crippen molar-refractivity contribution in [2.75, 3.05) is 13.3 Å². The maximum Gasteiger partial charge on any atom is 0.301 e. The zero-order valence-electron chi connectivity index (χ0n) is 17.1. The van der Waals surface area contributed by atoms with Gasteiger partial charge in [-0.1, -0.05) is 41.6 Å². The summed E-state index contributed by atoms with van der Waals surface area (Å²) < 4.78 is 44.7. The molecule has 1 aliphatic carbocycles. The molecule has 0 aliphatic heterocycles. The first-order chi connectivity index (χ1) is 15.9. The van der Waals surface area contributed by atoms with Gasteiger partial charge in [-0.3, -0.25) is 9.89 Å². The lowest BCUT2D eigenvalue weighted by Crippen LogP contribution is -2.35. The molecule has 33 heavy (non-hydrogen) atoms. The van der Waals surface area contributed by atoms with Crippen LogP contribution in [0.25, 0.3) is 23.2 Å². The van der Waals surface area contributed by atoms with Crippen molar-refractivity contribution in [2.24, 2.45) is 0 Å². The number of amides is 1. The highest BCUT2D eigenvalue weighted by Gasteiger charge is 2.31. The molecule has 170 valence electrons. The third-order valence-corrected chi connectivity index (χ3v) is 4.90. The topological polar surface area (TPSA) is 117 Å². The summed E-state index contributed by atoms with van der Waals surface area (Å²) in [5, 5.41) is 23.8. The number of aromatic nitrogens is 4. The van der Waals surface area contributed by atoms with Crippen LogP contribution in [0.3, 0.4) is 0 Å². The Labute approximate surface area is 184 Å². The van der Waals surface area contributed by atoms with Gasteiger partial charge in [0.25, 0.3) is 5.91 Å². The second-order valence-corrected chi connectivity index (χ2v) is 7.13. The normalized spacial score (nSPS) is 13.6. The number of carbonyl (C=O) groups excluding carboxylic acids is 1. The van der Waals surface area contributed by atoms with Gasteiger partial charge in [0, 0.05) is 17.7 Å². The minimum atomic E-state index is -3.58. The fourth-order valence-corrected chi connectivity index (χ4v) is 3.17. The Bertz CT molecular complexity index is 1340. The molecule has 4 rings (SSSR count). The second kappa shape index (κ2) is 9.27. The van der Waals surface area contributed by atoms with E-state index in [9.17, 15) is 23.1 Å². The fraction of sp³-hybridized carbons (Fsp3) is 0.227. The lowest BCUT2D eigenvalue weighted by atomic mass is 10.1. The minimum Gasteiger partial charge on any atom is -0.396 e. The van der Waals surface area contributed by atoms with Gasteiger partial charge in [-0.2, -0.15) is 18.9 Å². The number of hydrogen-bond donors (Lipinski definition) is 3. The standard InChI is InChI=1S/C22H18F3N5O3/c23-12-22(24,25)14-8-6-13(7-9-14)19-27-21(33-30-19)17(10-11-31)26-20(32)18-15-4-2-1-3-5-16(15)28-29-18/h1-3,5-9,17,28,31H,10-12H2,(H,26,32). The molecule has 3 N–H and O–H groups in total. The molecular formula is C22H18F3N5O3. The van der Waals surface area contributed by atoms with Crippen LogP contribution < -0.4 is 15.9 Å². The summed E-state index contributed by atoms with van der Waals surface area (Å²) in [4.78, 5) is 17.0. The van der Waals surface area contributed by atoms with Crippen molar-refractivity contribution in [2.45, 2.75) is 18.4 Å². The summed E-state index contributed by atoms with van der Waals surface area (Å²) in [6, 6.07) is 3.97. The summed E-state index contributed by atoms with van der Waals surface area (Å²) >= 11 is 0. The first kappa shape index (κ1) is 22.3. The summed E-state index contributed by atoms with van der Waals surface area (Å²) in [7, 11) is 0. The van der Waals surface area contributed by atoms with Gasteiger partial charge in [-0.15, -0.1) is 5.73 Å². The lowest BCUT2D eigenvalue weighted by molar-refractivity contribution is -0.0280. The van der Waals surface area contributed by atoms with Crippen LogP contribution in [0.2, 0.25) is 0 Å². The molecule has 2 aromatic heterocycles. The monoisotopic (exact) mass is 457 g/mol. The van der Waals surface area contributed by atoms with Gasteiger partial charge in [0.1, 0.15) is 6.04 Å². The highest BCUT2D eigenvalue weighted by Crippen LogP contribution is 2.30. The Hall–Kier alpha value is -3.95. The molecule has 1 aliphatic rings. The van der Waals surface area contributed by atoms with Crippen LogP contribution in [-0.2, 0) is 5.92 Å². The molecule has 1 aromatic carbocycles. The number of fused-ring (bicyclic) bond motifs is 1. The maximum absolute atomic E-state index is 13.5. The van der Waals surface area contributed by atoms with E-state index in [0.29, 0.717) is 16.1 Å². The third-order valence-electron chi connectivity index (χ3n) is 4.90. The average Bonchev–Trinajstić information content (AvgIpc) is 3.41. The first-order valence-corrected chi connectivity index (χ1v) is 9.91. The Morgan fingerprint density at radius 2 is 2.06 bits per heavy atom. The molecule has 0 bridgehead atoms. The van der Waals surface area contributed by atoms with Crippen molar-refractivity contribution >= 4 is 17.7 Å². The van der Waals surface area contributed by atoms with Gasteiger partial charge >= 0.3 is 5.92 Å². The number of halogens is 3. The van der Waals surface area contributed by atoms with Crippen molar-refractivity contribution in [3.05, 3.63) is 70.2 Å². The van der Waals surface area contributed by atoms with Crippen LogP contribution in [0.5, 0.6) is 0 Å². The van der Waals surface area contributed by atoms with E-state index in [-0.39, 0.29) is 30.4 Å². The second-order valence-electron chi connectivity index (χ2n) is 7.13. The Balaban J connectivity index is 1.56. The van der Waals surface area contributed by atoms with E-state index in [1.54, 1.807) is 24.3 Å². The van der Waals surface area contributed by atoms with Gasteiger partial charge < -0.3 is 14.9 Å². The van der Waals surface area contributed by atoms with Gasteiger partial charge in [-0.05, 0) is 18.6 Å². The number of benzene rings is 1. The van der Waals surface area contributed by atoms with Crippen LogP contribution >= 0.6 is 0 Å². The van der Waals surface area contributed by atoms with Gasteiger partial charge in [0.2, 0.25) is 11.7 Å². The van der Waals surface area contributed by atoms with Crippen LogP contribution in [0.4, 0.5) is 13.2 Å². The first-order valence-electron chi connectivity index (χ1n) is 9.91. The number of allylic oxidation sites excluding steroid dienone is 3. The molecule has 0 saturated heterocycles. The number of aliphatic hydroxyl groups excluding tert-OH is 1. The van der Waals surface area contributed by atoms with Crippen LogP contribution in [-0.4, -0.2) is 44.6 Å². The van der Waals surface area contributed by atoms with E-state index in [4.69, 9.17) is 4.52 Å². The van der Waals surface area contributed by atoms with Crippen LogP contribution in [0.15, 0.2) is 47.0 Å². The number of aromatic amines is 1.